The smallest absolute Gasteiger partial charge is 0.387 e. The van der Waals surface area contributed by atoms with Crippen LogP contribution < -0.4 is 9.46 Å². The highest BCUT2D eigenvalue weighted by Gasteiger charge is 2.18. The number of nitrogens with zero attached hydrogens (tertiary/aromatic N) is 1. The van der Waals surface area contributed by atoms with Gasteiger partial charge in [-0.3, -0.25) is 4.90 Å². The molecule has 0 aliphatic heterocycles. The number of nitrogens with one attached hydrogen (secondary N) is 1. The van der Waals surface area contributed by atoms with Crippen molar-refractivity contribution in [3.8, 4) is 5.75 Å². The summed E-state index contributed by atoms with van der Waals surface area (Å²) in [4.78, 5) is 2.02. The number of hydrogen-bond donors (Lipinski definition) is 1. The SMILES string of the molecule is CC(C)N(C)Cc1ccccc1CNS(=O)(=O)c1ccc(OC(F)F)c(Cl)c1. The standard InChI is InChI=1S/C19H23ClF2N2O3S/c1-13(2)24(3)12-15-7-5-4-6-14(15)11-23-28(25,26)16-8-9-18(17(20)10-16)27-19(21)22/h4-10,13,19,23H,11-12H2,1-3H3. The Labute approximate surface area is 169 Å². The first-order valence-electron chi connectivity index (χ1n) is 8.61. The van der Waals surface area contributed by atoms with Crippen LogP contribution in [0.25, 0.3) is 0 Å². The molecule has 0 saturated carbocycles. The molecule has 0 bridgehead atoms. The number of benzene rings is 2. The van der Waals surface area contributed by atoms with E-state index in [1.807, 2.05) is 31.3 Å². The van der Waals surface area contributed by atoms with Gasteiger partial charge in [-0.15, -0.1) is 0 Å². The third kappa shape index (κ3) is 6.13. The summed E-state index contributed by atoms with van der Waals surface area (Å²) in [7, 11) is -1.88. The minimum Gasteiger partial charge on any atom is -0.433 e. The molecule has 5 nitrogen and oxygen atoms in total. The quantitative estimate of drug-likeness (QED) is 0.643. The molecule has 0 aliphatic rings. The Morgan fingerprint density at radius 1 is 1.14 bits per heavy atom. The topological polar surface area (TPSA) is 58.6 Å². The fourth-order valence-electron chi connectivity index (χ4n) is 2.43. The van der Waals surface area contributed by atoms with Gasteiger partial charge >= 0.3 is 6.61 Å². The molecule has 2 rings (SSSR count). The summed E-state index contributed by atoms with van der Waals surface area (Å²) in [6, 6.07) is 11.3. The Morgan fingerprint density at radius 3 is 2.36 bits per heavy atom. The fraction of sp³-hybridized carbons (Fsp3) is 0.368. The van der Waals surface area contributed by atoms with Gasteiger partial charge in [-0.25, -0.2) is 13.1 Å². The summed E-state index contributed by atoms with van der Waals surface area (Å²) in [5, 5.41) is -0.206. The first-order chi connectivity index (χ1) is 13.1. The summed E-state index contributed by atoms with van der Waals surface area (Å²) in [5.41, 5.74) is 1.86. The predicted molar refractivity (Wildman–Crippen MR) is 105 cm³/mol. The fourth-order valence-corrected chi connectivity index (χ4v) is 3.75. The van der Waals surface area contributed by atoms with Gasteiger partial charge in [0.25, 0.3) is 0 Å². The molecule has 0 heterocycles. The molecule has 0 radical (unpaired) electrons. The van der Waals surface area contributed by atoms with E-state index in [1.165, 1.54) is 6.07 Å². The molecule has 0 atom stereocenters. The second-order valence-electron chi connectivity index (χ2n) is 6.57. The Bertz CT molecular complexity index is 908. The van der Waals surface area contributed by atoms with Gasteiger partial charge in [0.05, 0.1) is 9.92 Å². The van der Waals surface area contributed by atoms with Crippen molar-refractivity contribution in [2.75, 3.05) is 7.05 Å². The van der Waals surface area contributed by atoms with Gasteiger partial charge in [0.2, 0.25) is 10.0 Å². The number of rotatable bonds is 9. The van der Waals surface area contributed by atoms with E-state index in [-0.39, 0.29) is 22.2 Å². The molecule has 28 heavy (non-hydrogen) atoms. The van der Waals surface area contributed by atoms with Crippen LogP contribution in [0.5, 0.6) is 5.75 Å². The molecule has 9 heteroatoms. The van der Waals surface area contributed by atoms with E-state index in [1.54, 1.807) is 0 Å². The third-order valence-electron chi connectivity index (χ3n) is 4.30. The van der Waals surface area contributed by atoms with Gasteiger partial charge in [0.15, 0.2) is 0 Å². The van der Waals surface area contributed by atoms with Crippen molar-refractivity contribution in [1.82, 2.24) is 9.62 Å². The van der Waals surface area contributed by atoms with E-state index < -0.39 is 16.6 Å². The zero-order valence-electron chi connectivity index (χ0n) is 15.8. The van der Waals surface area contributed by atoms with Crippen LogP contribution in [0.15, 0.2) is 47.4 Å². The summed E-state index contributed by atoms with van der Waals surface area (Å²) >= 11 is 5.85. The third-order valence-corrected chi connectivity index (χ3v) is 6.00. The van der Waals surface area contributed by atoms with Crippen LogP contribution in [0.1, 0.15) is 25.0 Å². The molecule has 0 fully saturated rings. The van der Waals surface area contributed by atoms with Gasteiger partial charge < -0.3 is 4.74 Å². The maximum atomic E-state index is 12.6. The highest BCUT2D eigenvalue weighted by Crippen LogP contribution is 2.28. The summed E-state index contributed by atoms with van der Waals surface area (Å²) in [6.45, 7) is 1.89. The largest absolute Gasteiger partial charge is 0.433 e. The monoisotopic (exact) mass is 432 g/mol. The lowest BCUT2D eigenvalue weighted by molar-refractivity contribution is -0.0498. The Morgan fingerprint density at radius 2 is 1.79 bits per heavy atom. The summed E-state index contributed by atoms with van der Waals surface area (Å²) in [5.74, 6) is -0.280. The van der Waals surface area contributed by atoms with Gasteiger partial charge in [0.1, 0.15) is 5.75 Å². The first kappa shape index (κ1) is 22.5. The van der Waals surface area contributed by atoms with E-state index in [4.69, 9.17) is 11.6 Å². The maximum Gasteiger partial charge on any atom is 0.387 e. The van der Waals surface area contributed by atoms with Gasteiger partial charge in [0, 0.05) is 19.1 Å². The van der Waals surface area contributed by atoms with Crippen LogP contribution >= 0.6 is 11.6 Å². The average Bonchev–Trinajstić information content (AvgIpc) is 2.62. The number of alkyl halides is 2. The van der Waals surface area contributed by atoms with Crippen LogP contribution in [0, 0.1) is 0 Å². The van der Waals surface area contributed by atoms with Crippen LogP contribution in [0.3, 0.4) is 0 Å². The molecule has 0 aliphatic carbocycles. The van der Waals surface area contributed by atoms with Crippen LogP contribution in [0.4, 0.5) is 8.78 Å². The normalized spacial score (nSPS) is 12.2. The van der Waals surface area contributed by atoms with Crippen LogP contribution in [-0.4, -0.2) is 33.0 Å². The molecule has 2 aromatic carbocycles. The lowest BCUT2D eigenvalue weighted by atomic mass is 10.1. The van der Waals surface area contributed by atoms with Crippen LogP contribution in [0.2, 0.25) is 5.02 Å². The van der Waals surface area contributed by atoms with Crippen molar-refractivity contribution in [1.29, 1.82) is 0 Å². The van der Waals surface area contributed by atoms with Crippen molar-refractivity contribution >= 4 is 21.6 Å². The number of sulfonamides is 1. The molecule has 0 aromatic heterocycles. The highest BCUT2D eigenvalue weighted by atomic mass is 35.5. The molecule has 0 amide bonds. The molecular formula is C19H23ClF2N2O3S. The number of halogens is 3. The first-order valence-corrected chi connectivity index (χ1v) is 10.5. The van der Waals surface area contributed by atoms with Gasteiger partial charge in [-0.1, -0.05) is 35.9 Å². The average molecular weight is 433 g/mol. The molecule has 154 valence electrons. The summed E-state index contributed by atoms with van der Waals surface area (Å²) in [6.07, 6.45) is 0. The summed E-state index contributed by atoms with van der Waals surface area (Å²) < 4.78 is 56.5. The molecule has 2 aromatic rings. The molecule has 1 N–H and O–H groups in total. The van der Waals surface area contributed by atoms with Gasteiger partial charge in [-0.2, -0.15) is 8.78 Å². The molecule has 0 spiro atoms. The van der Waals surface area contributed by atoms with E-state index in [2.05, 4.69) is 28.2 Å². The van der Waals surface area contributed by atoms with Crippen LogP contribution in [-0.2, 0) is 23.1 Å². The van der Waals surface area contributed by atoms with E-state index >= 15 is 0 Å². The van der Waals surface area contributed by atoms with Crippen molar-refractivity contribution in [3.05, 3.63) is 58.6 Å². The minimum absolute atomic E-state index is 0.0946. The van der Waals surface area contributed by atoms with Gasteiger partial charge in [-0.05, 0) is 50.2 Å². The molecule has 0 saturated heterocycles. The second-order valence-corrected chi connectivity index (χ2v) is 8.75. The highest BCUT2D eigenvalue weighted by molar-refractivity contribution is 7.89. The van der Waals surface area contributed by atoms with E-state index in [9.17, 15) is 17.2 Å². The lowest BCUT2D eigenvalue weighted by Gasteiger charge is -2.22. The van der Waals surface area contributed by atoms with E-state index in [0.29, 0.717) is 12.6 Å². The Balaban J connectivity index is 2.15. The lowest BCUT2D eigenvalue weighted by Crippen LogP contribution is -2.27. The van der Waals surface area contributed by atoms with Crippen molar-refractivity contribution in [2.45, 2.75) is 44.5 Å². The zero-order chi connectivity index (χ0) is 20.9. The molecule has 0 unspecified atom stereocenters. The number of ether oxygens (including phenoxy) is 1. The second kappa shape index (κ2) is 9.65. The minimum atomic E-state index is -3.88. The zero-order valence-corrected chi connectivity index (χ0v) is 17.4. The maximum absolute atomic E-state index is 12.6. The van der Waals surface area contributed by atoms with E-state index in [0.717, 1.165) is 23.3 Å². The molecular weight excluding hydrogens is 410 g/mol. The predicted octanol–water partition coefficient (Wildman–Crippen LogP) is 4.26. The van der Waals surface area contributed by atoms with Crippen molar-refractivity contribution in [3.63, 3.8) is 0 Å². The Kier molecular flexibility index (Phi) is 7.77. The Hall–Kier alpha value is -1.74. The van der Waals surface area contributed by atoms with Crippen molar-refractivity contribution in [2.24, 2.45) is 0 Å². The number of hydrogen-bond acceptors (Lipinski definition) is 4. The van der Waals surface area contributed by atoms with Crippen molar-refractivity contribution < 1.29 is 21.9 Å².